The van der Waals surface area contributed by atoms with Gasteiger partial charge in [0.25, 0.3) is 0 Å². The average molecular weight is 255 g/mol. The lowest BCUT2D eigenvalue weighted by molar-refractivity contribution is 0.231. The van der Waals surface area contributed by atoms with Crippen molar-refractivity contribution in [2.75, 3.05) is 20.3 Å². The molecule has 0 aliphatic carbocycles. The van der Waals surface area contributed by atoms with Crippen molar-refractivity contribution < 1.29 is 14.2 Å². The lowest BCUT2D eigenvalue weighted by atomic mass is 10.0. The molecule has 0 saturated carbocycles. The van der Waals surface area contributed by atoms with E-state index in [1.165, 1.54) is 13.2 Å². The van der Waals surface area contributed by atoms with Gasteiger partial charge in [-0.05, 0) is 50.9 Å². The van der Waals surface area contributed by atoms with E-state index < -0.39 is 0 Å². The van der Waals surface area contributed by atoms with Crippen molar-refractivity contribution in [2.24, 2.45) is 0 Å². The summed E-state index contributed by atoms with van der Waals surface area (Å²) >= 11 is 0. The van der Waals surface area contributed by atoms with E-state index in [0.717, 1.165) is 18.5 Å². The van der Waals surface area contributed by atoms with E-state index in [1.807, 2.05) is 19.9 Å². The second-order valence-corrected chi connectivity index (χ2v) is 5.00. The summed E-state index contributed by atoms with van der Waals surface area (Å²) in [4.78, 5) is 0. The molecule has 0 atom stereocenters. The van der Waals surface area contributed by atoms with Crippen molar-refractivity contribution in [1.82, 2.24) is 5.32 Å². The monoisotopic (exact) mass is 255 g/mol. The zero-order chi connectivity index (χ0) is 13.6. The molecule has 1 rings (SSSR count). The van der Waals surface area contributed by atoms with Gasteiger partial charge in [-0.15, -0.1) is 0 Å². The summed E-state index contributed by atoms with van der Waals surface area (Å²) in [5.41, 5.74) is 0.834. The van der Waals surface area contributed by atoms with Gasteiger partial charge in [0.15, 0.2) is 11.6 Å². The highest BCUT2D eigenvalue weighted by Gasteiger charge is 2.15. The number of halogens is 1. The maximum absolute atomic E-state index is 13.5. The number of hydrogen-bond acceptors (Lipinski definition) is 3. The van der Waals surface area contributed by atoms with Crippen molar-refractivity contribution in [3.05, 3.63) is 29.6 Å². The molecule has 2 N–H and O–H groups in total. The minimum absolute atomic E-state index is 0.0975. The Kier molecular flexibility index (Phi) is 5.56. The molecule has 0 spiro atoms. The topological polar surface area (TPSA) is 41.5 Å². The van der Waals surface area contributed by atoms with E-state index in [9.17, 15) is 4.39 Å². The Morgan fingerprint density at radius 2 is 2.11 bits per heavy atom. The van der Waals surface area contributed by atoms with Gasteiger partial charge >= 0.3 is 0 Å². The van der Waals surface area contributed by atoms with Crippen LogP contribution in [0.5, 0.6) is 5.75 Å². The van der Waals surface area contributed by atoms with Gasteiger partial charge in [-0.1, -0.05) is 6.07 Å². The van der Waals surface area contributed by atoms with E-state index in [4.69, 9.17) is 9.84 Å². The van der Waals surface area contributed by atoms with Gasteiger partial charge in [0.1, 0.15) is 0 Å². The Hall–Kier alpha value is -1.13. The van der Waals surface area contributed by atoms with E-state index in [2.05, 4.69) is 5.32 Å². The highest BCUT2D eigenvalue weighted by molar-refractivity contribution is 5.29. The summed E-state index contributed by atoms with van der Waals surface area (Å²) in [6.07, 6.45) is 1.44. The fraction of sp³-hybridized carbons (Fsp3) is 0.571. The molecule has 1 aromatic carbocycles. The van der Waals surface area contributed by atoms with Crippen molar-refractivity contribution >= 4 is 0 Å². The zero-order valence-electron chi connectivity index (χ0n) is 11.3. The fourth-order valence-electron chi connectivity index (χ4n) is 1.78. The highest BCUT2D eigenvalue weighted by Crippen LogP contribution is 2.18. The zero-order valence-corrected chi connectivity index (χ0v) is 11.3. The quantitative estimate of drug-likeness (QED) is 0.784. The smallest absolute Gasteiger partial charge is 0.165 e. The number of ether oxygens (including phenoxy) is 1. The molecule has 3 nitrogen and oxygen atoms in total. The van der Waals surface area contributed by atoms with Crippen LogP contribution in [0.2, 0.25) is 0 Å². The molecule has 0 aliphatic rings. The summed E-state index contributed by atoms with van der Waals surface area (Å²) in [5, 5.41) is 12.3. The lowest BCUT2D eigenvalue weighted by Crippen LogP contribution is -2.41. The van der Waals surface area contributed by atoms with Crippen LogP contribution in [-0.4, -0.2) is 30.9 Å². The fourth-order valence-corrected chi connectivity index (χ4v) is 1.78. The molecular formula is C14H22FNO2. The maximum atomic E-state index is 13.5. The molecule has 4 heteroatoms. The molecule has 18 heavy (non-hydrogen) atoms. The number of methoxy groups -OCH3 is 1. The number of nitrogens with one attached hydrogen (secondary N) is 1. The second-order valence-electron chi connectivity index (χ2n) is 5.00. The van der Waals surface area contributed by atoms with Crippen LogP contribution in [-0.2, 0) is 6.42 Å². The highest BCUT2D eigenvalue weighted by atomic mass is 19.1. The normalized spacial score (nSPS) is 11.6. The maximum Gasteiger partial charge on any atom is 0.165 e. The van der Waals surface area contributed by atoms with Gasteiger partial charge in [-0.3, -0.25) is 0 Å². The Labute approximate surface area is 108 Å². The number of aliphatic hydroxyl groups is 1. The SMILES string of the molecule is COc1ccc(CCNC(C)(C)CCO)cc1F. The summed E-state index contributed by atoms with van der Waals surface area (Å²) < 4.78 is 18.3. The average Bonchev–Trinajstić information content (AvgIpc) is 2.29. The van der Waals surface area contributed by atoms with Crippen LogP contribution in [0.3, 0.4) is 0 Å². The van der Waals surface area contributed by atoms with Crippen LogP contribution < -0.4 is 10.1 Å². The molecule has 0 amide bonds. The molecule has 1 aromatic rings. The molecular weight excluding hydrogens is 233 g/mol. The van der Waals surface area contributed by atoms with Crippen molar-refractivity contribution in [3.8, 4) is 5.75 Å². The third kappa shape index (κ3) is 4.63. The first-order valence-corrected chi connectivity index (χ1v) is 6.17. The van der Waals surface area contributed by atoms with Crippen LogP contribution in [0.15, 0.2) is 18.2 Å². The van der Waals surface area contributed by atoms with Crippen LogP contribution in [0, 0.1) is 5.82 Å². The van der Waals surface area contributed by atoms with Gasteiger partial charge < -0.3 is 15.2 Å². The van der Waals surface area contributed by atoms with Crippen molar-refractivity contribution in [3.63, 3.8) is 0 Å². The first kappa shape index (κ1) is 14.9. The molecule has 0 heterocycles. The van der Waals surface area contributed by atoms with E-state index in [-0.39, 0.29) is 23.7 Å². The number of rotatable bonds is 7. The van der Waals surface area contributed by atoms with Crippen molar-refractivity contribution in [1.29, 1.82) is 0 Å². The minimum atomic E-state index is -0.329. The van der Waals surface area contributed by atoms with Crippen molar-refractivity contribution in [2.45, 2.75) is 32.2 Å². The van der Waals surface area contributed by atoms with E-state index >= 15 is 0 Å². The van der Waals surface area contributed by atoms with Gasteiger partial charge in [-0.2, -0.15) is 0 Å². The Morgan fingerprint density at radius 3 is 2.67 bits per heavy atom. The first-order chi connectivity index (χ1) is 8.48. The molecule has 102 valence electrons. The predicted molar refractivity (Wildman–Crippen MR) is 70.4 cm³/mol. The summed E-state index contributed by atoms with van der Waals surface area (Å²) in [7, 11) is 1.46. The summed E-state index contributed by atoms with van der Waals surface area (Å²) in [6.45, 7) is 4.99. The molecule has 0 unspecified atom stereocenters. The summed E-state index contributed by atoms with van der Waals surface area (Å²) in [6, 6.07) is 5.01. The number of hydrogen-bond donors (Lipinski definition) is 2. The standard InChI is InChI=1S/C14H22FNO2/c1-14(2,7-9-17)16-8-6-11-4-5-13(18-3)12(15)10-11/h4-5,10,16-17H,6-9H2,1-3H3. The lowest BCUT2D eigenvalue weighted by Gasteiger charge is -2.25. The molecule has 0 fully saturated rings. The van der Waals surface area contributed by atoms with E-state index in [0.29, 0.717) is 6.42 Å². The molecule has 0 bridgehead atoms. The van der Waals surface area contributed by atoms with Crippen LogP contribution in [0.4, 0.5) is 4.39 Å². The molecule has 0 aliphatic heterocycles. The molecule has 0 radical (unpaired) electrons. The van der Waals surface area contributed by atoms with Crippen LogP contribution in [0.1, 0.15) is 25.8 Å². The van der Waals surface area contributed by atoms with Crippen LogP contribution >= 0.6 is 0 Å². The predicted octanol–water partition coefficient (Wildman–Crippen LogP) is 2.13. The van der Waals surface area contributed by atoms with Gasteiger partial charge in [0, 0.05) is 12.1 Å². The second kappa shape index (κ2) is 6.71. The minimum Gasteiger partial charge on any atom is -0.494 e. The molecule has 0 saturated heterocycles. The number of benzene rings is 1. The Morgan fingerprint density at radius 1 is 1.39 bits per heavy atom. The Bertz CT molecular complexity index is 380. The van der Waals surface area contributed by atoms with Gasteiger partial charge in [0.2, 0.25) is 0 Å². The third-order valence-electron chi connectivity index (χ3n) is 2.97. The molecule has 0 aromatic heterocycles. The Balaban J connectivity index is 2.47. The third-order valence-corrected chi connectivity index (χ3v) is 2.97. The largest absolute Gasteiger partial charge is 0.494 e. The first-order valence-electron chi connectivity index (χ1n) is 6.17. The van der Waals surface area contributed by atoms with E-state index in [1.54, 1.807) is 6.07 Å². The number of aliphatic hydroxyl groups excluding tert-OH is 1. The van der Waals surface area contributed by atoms with Crippen LogP contribution in [0.25, 0.3) is 0 Å². The summed E-state index contributed by atoms with van der Waals surface area (Å²) in [5.74, 6) is -0.0584. The van der Waals surface area contributed by atoms with Gasteiger partial charge in [-0.25, -0.2) is 4.39 Å². The van der Waals surface area contributed by atoms with Gasteiger partial charge in [0.05, 0.1) is 7.11 Å².